The Morgan fingerprint density at radius 1 is 1.29 bits per heavy atom. The van der Waals surface area contributed by atoms with Crippen LogP contribution >= 0.6 is 22.6 Å². The molecule has 0 aliphatic heterocycles. The fourth-order valence-corrected chi connectivity index (χ4v) is 2.39. The highest BCUT2D eigenvalue weighted by Gasteiger charge is 2.36. The highest BCUT2D eigenvalue weighted by molar-refractivity contribution is 14.1. The van der Waals surface area contributed by atoms with Crippen LogP contribution in [0.4, 0.5) is 0 Å². The van der Waals surface area contributed by atoms with Crippen LogP contribution in [0, 0.1) is 3.57 Å². The first kappa shape index (κ1) is 14.9. The molecule has 0 saturated carbocycles. The topological polar surface area (TPSA) is 60.2 Å². The summed E-state index contributed by atoms with van der Waals surface area (Å²) in [5.41, 5.74) is 7.09. The van der Waals surface area contributed by atoms with Crippen LogP contribution in [-0.2, 0) is 16.3 Å². The minimum absolute atomic E-state index is 0.405. The van der Waals surface area contributed by atoms with Crippen LogP contribution in [0.5, 0.6) is 0 Å². The monoisotopic (exact) mass is 367 g/mol. The molecule has 1 rings (SSSR count). The van der Waals surface area contributed by atoms with Crippen molar-refractivity contribution in [1.29, 1.82) is 0 Å². The Kier molecular flexibility index (Phi) is 4.60. The first-order valence-corrected chi connectivity index (χ1v) is 8.31. The summed E-state index contributed by atoms with van der Waals surface area (Å²) in [6.07, 6.45) is 1.80. The molecule has 1 aromatic rings. The van der Waals surface area contributed by atoms with Crippen LogP contribution in [0.15, 0.2) is 24.3 Å². The lowest BCUT2D eigenvalue weighted by Crippen LogP contribution is -2.49. The van der Waals surface area contributed by atoms with Gasteiger partial charge in [-0.3, -0.25) is 0 Å². The minimum atomic E-state index is -3.16. The highest BCUT2D eigenvalue weighted by atomic mass is 127. The molecule has 0 aromatic heterocycles. The maximum Gasteiger partial charge on any atom is 0.154 e. The summed E-state index contributed by atoms with van der Waals surface area (Å²) >= 11 is 2.23. The predicted molar refractivity (Wildman–Crippen MR) is 79.8 cm³/mol. The molecule has 96 valence electrons. The van der Waals surface area contributed by atoms with Crippen LogP contribution in [0.25, 0.3) is 0 Å². The van der Waals surface area contributed by atoms with Gasteiger partial charge in [0.1, 0.15) is 0 Å². The average Bonchev–Trinajstić information content (AvgIpc) is 2.19. The molecular weight excluding hydrogens is 349 g/mol. The zero-order valence-corrected chi connectivity index (χ0v) is 13.2. The number of nitrogens with two attached hydrogens (primary N) is 1. The van der Waals surface area contributed by atoms with E-state index in [9.17, 15) is 8.42 Å². The summed E-state index contributed by atoms with van der Waals surface area (Å²) in [5, 5.41) is 0. The summed E-state index contributed by atoms with van der Waals surface area (Å²) in [6, 6.07) is 7.56. The second kappa shape index (κ2) is 5.24. The fraction of sp³-hybridized carbons (Fsp3) is 0.500. The van der Waals surface area contributed by atoms with Gasteiger partial charge in [-0.15, -0.1) is 0 Å². The number of rotatable bonds is 4. The van der Waals surface area contributed by atoms with Crippen molar-refractivity contribution in [2.24, 2.45) is 5.73 Å². The van der Waals surface area contributed by atoms with Crippen molar-refractivity contribution in [3.05, 3.63) is 33.4 Å². The maximum atomic E-state index is 11.7. The first-order valence-electron chi connectivity index (χ1n) is 5.34. The van der Waals surface area contributed by atoms with Crippen molar-refractivity contribution in [3.8, 4) is 0 Å². The van der Waals surface area contributed by atoms with Gasteiger partial charge in [-0.1, -0.05) is 12.1 Å². The van der Waals surface area contributed by atoms with Crippen LogP contribution in [0.3, 0.4) is 0 Å². The molecule has 0 aliphatic rings. The molecule has 0 spiro atoms. The summed E-state index contributed by atoms with van der Waals surface area (Å²) < 4.78 is 23.6. The zero-order chi connectivity index (χ0) is 13.3. The summed E-state index contributed by atoms with van der Waals surface area (Å²) in [4.78, 5) is 0. The molecule has 17 heavy (non-hydrogen) atoms. The lowest BCUT2D eigenvalue weighted by atomic mass is 9.96. The molecule has 0 saturated heterocycles. The Morgan fingerprint density at radius 2 is 1.76 bits per heavy atom. The number of benzene rings is 1. The Hall–Kier alpha value is -0.140. The van der Waals surface area contributed by atoms with Gasteiger partial charge >= 0.3 is 0 Å². The third-order valence-corrected chi connectivity index (χ3v) is 6.15. The smallest absolute Gasteiger partial charge is 0.154 e. The number of hydrogen-bond donors (Lipinski definition) is 1. The Bertz CT molecular complexity index is 480. The minimum Gasteiger partial charge on any atom is -0.326 e. The van der Waals surface area contributed by atoms with Crippen molar-refractivity contribution in [1.82, 2.24) is 0 Å². The molecule has 1 unspecified atom stereocenters. The van der Waals surface area contributed by atoms with Crippen LogP contribution < -0.4 is 5.73 Å². The van der Waals surface area contributed by atoms with E-state index in [-0.39, 0.29) is 0 Å². The van der Waals surface area contributed by atoms with Crippen molar-refractivity contribution in [2.45, 2.75) is 31.1 Å². The van der Waals surface area contributed by atoms with E-state index in [1.165, 1.54) is 6.26 Å². The third kappa shape index (κ3) is 3.66. The summed E-state index contributed by atoms with van der Waals surface area (Å²) in [7, 11) is -3.16. The molecule has 0 aliphatic carbocycles. The van der Waals surface area contributed by atoms with Gasteiger partial charge in [0, 0.05) is 15.9 Å². The zero-order valence-electron chi connectivity index (χ0n) is 10.3. The Morgan fingerprint density at radius 3 is 2.18 bits per heavy atom. The van der Waals surface area contributed by atoms with Gasteiger partial charge in [0.2, 0.25) is 0 Å². The third-order valence-electron chi connectivity index (χ3n) is 3.22. The normalized spacial score (nSPS) is 14.6. The van der Waals surface area contributed by atoms with Gasteiger partial charge in [0.05, 0.1) is 4.75 Å². The maximum absolute atomic E-state index is 11.7. The van der Waals surface area contributed by atoms with E-state index in [1.807, 2.05) is 24.3 Å². The molecule has 0 heterocycles. The predicted octanol–water partition coefficient (Wildman–Crippen LogP) is 1.98. The second-order valence-electron chi connectivity index (χ2n) is 4.81. The van der Waals surface area contributed by atoms with E-state index in [2.05, 4.69) is 22.6 Å². The van der Waals surface area contributed by atoms with Crippen LogP contribution in [0.2, 0.25) is 0 Å². The van der Waals surface area contributed by atoms with E-state index in [0.717, 1.165) is 9.13 Å². The molecule has 0 bridgehead atoms. The van der Waals surface area contributed by atoms with Gasteiger partial charge in [-0.25, -0.2) is 8.42 Å². The molecule has 0 radical (unpaired) electrons. The Balaban J connectivity index is 2.86. The van der Waals surface area contributed by atoms with Gasteiger partial charge in [-0.05, 0) is 60.6 Å². The standard InChI is InChI=1S/C12H18INO2S/c1-12(2,17(3,15)16)11(14)8-9-4-6-10(13)7-5-9/h4-7,11H,8,14H2,1-3H3. The first-order chi connectivity index (χ1) is 7.64. The van der Waals surface area contributed by atoms with Crippen molar-refractivity contribution in [3.63, 3.8) is 0 Å². The molecule has 0 amide bonds. The highest BCUT2D eigenvalue weighted by Crippen LogP contribution is 2.21. The molecule has 1 atom stereocenters. The fourth-order valence-electron chi connectivity index (χ4n) is 1.40. The van der Waals surface area contributed by atoms with Crippen molar-refractivity contribution >= 4 is 32.4 Å². The Labute approximate surface area is 117 Å². The quantitative estimate of drug-likeness (QED) is 0.828. The van der Waals surface area contributed by atoms with Gasteiger partial charge in [0.15, 0.2) is 9.84 Å². The van der Waals surface area contributed by atoms with Crippen LogP contribution in [0.1, 0.15) is 19.4 Å². The van der Waals surface area contributed by atoms with Gasteiger partial charge < -0.3 is 5.73 Å². The second-order valence-corrected chi connectivity index (χ2v) is 8.65. The average molecular weight is 367 g/mol. The van der Waals surface area contributed by atoms with Gasteiger partial charge in [0.25, 0.3) is 0 Å². The van der Waals surface area contributed by atoms with Crippen molar-refractivity contribution in [2.75, 3.05) is 6.26 Å². The molecule has 3 nitrogen and oxygen atoms in total. The van der Waals surface area contributed by atoms with Gasteiger partial charge in [-0.2, -0.15) is 0 Å². The number of hydrogen-bond acceptors (Lipinski definition) is 3. The van der Waals surface area contributed by atoms with E-state index in [0.29, 0.717) is 6.42 Å². The molecule has 0 fully saturated rings. The summed E-state index contributed by atoms with van der Waals surface area (Å²) in [6.45, 7) is 3.36. The lowest BCUT2D eigenvalue weighted by molar-refractivity contribution is 0.482. The SMILES string of the molecule is CC(C)(C(N)Cc1ccc(I)cc1)S(C)(=O)=O. The summed E-state index contributed by atoms with van der Waals surface area (Å²) in [5.74, 6) is 0. The van der Waals surface area contributed by atoms with E-state index < -0.39 is 20.6 Å². The number of halogens is 1. The molecule has 1 aromatic carbocycles. The van der Waals surface area contributed by atoms with E-state index >= 15 is 0 Å². The number of sulfone groups is 1. The largest absolute Gasteiger partial charge is 0.326 e. The molecule has 5 heteroatoms. The molecular formula is C12H18INO2S. The lowest BCUT2D eigenvalue weighted by Gasteiger charge is -2.29. The van der Waals surface area contributed by atoms with E-state index in [1.54, 1.807) is 13.8 Å². The van der Waals surface area contributed by atoms with E-state index in [4.69, 9.17) is 5.73 Å². The molecule has 2 N–H and O–H groups in total. The van der Waals surface area contributed by atoms with Crippen molar-refractivity contribution < 1.29 is 8.42 Å². The van der Waals surface area contributed by atoms with Crippen LogP contribution in [-0.4, -0.2) is 25.5 Å².